The smallest absolute Gasteiger partial charge is 0.0540 e. The van der Waals surface area contributed by atoms with Gasteiger partial charge in [-0.3, -0.25) is 0 Å². The Balaban J connectivity index is 1.09. The minimum absolute atomic E-state index is 1.10. The maximum Gasteiger partial charge on any atom is 0.0540 e. The van der Waals surface area contributed by atoms with E-state index >= 15 is 0 Å². The molecule has 11 aromatic rings. The molecule has 0 aliphatic rings. The molecule has 0 aromatic heterocycles. The van der Waals surface area contributed by atoms with Gasteiger partial charge in [0.15, 0.2) is 0 Å². The van der Waals surface area contributed by atoms with Gasteiger partial charge in [-0.2, -0.15) is 0 Å². The molecule has 266 valence electrons. The first-order valence-electron chi connectivity index (χ1n) is 19.7. The molecule has 0 aliphatic heterocycles. The number of hydrogen-bond acceptors (Lipinski definition) is 1. The van der Waals surface area contributed by atoms with Crippen molar-refractivity contribution in [3.8, 4) is 33.4 Å². The van der Waals surface area contributed by atoms with Gasteiger partial charge in [-0.1, -0.05) is 188 Å². The van der Waals surface area contributed by atoms with E-state index in [1.165, 1.54) is 87.2 Å². The maximum atomic E-state index is 2.44. The lowest BCUT2D eigenvalue weighted by atomic mass is 9.91. The number of anilines is 3. The minimum atomic E-state index is 1.10. The predicted octanol–water partition coefficient (Wildman–Crippen LogP) is 15.9. The van der Waals surface area contributed by atoms with Crippen molar-refractivity contribution in [1.82, 2.24) is 0 Å². The summed E-state index contributed by atoms with van der Waals surface area (Å²) in [6.45, 7) is 0. The number of benzene rings is 11. The number of para-hydroxylation sites is 2. The molecule has 1 nitrogen and oxygen atoms in total. The standard InChI is InChI=1S/C56H37N/c1-2-13-40(14-3-1)49-17-8-10-20-53(49)57(48-33-30-39(31-34-48)45-28-22-38-12-4-5-16-44(38)36-45)54-21-11-9-18-50(54)46-32-35-52-47(37-46)29-27-43-26-25-42-24-23-41-15-6-7-19-51(41)55(42)56(43)52/h1-37H. The lowest BCUT2D eigenvalue weighted by molar-refractivity contribution is 1.28. The van der Waals surface area contributed by atoms with Gasteiger partial charge in [0.25, 0.3) is 0 Å². The fourth-order valence-corrected chi connectivity index (χ4v) is 8.84. The monoisotopic (exact) mass is 723 g/mol. The van der Waals surface area contributed by atoms with E-state index in [9.17, 15) is 0 Å². The average Bonchev–Trinajstić information content (AvgIpc) is 3.29. The molecule has 0 saturated heterocycles. The van der Waals surface area contributed by atoms with Gasteiger partial charge in [-0.05, 0) is 113 Å². The Morgan fingerprint density at radius 3 is 1.44 bits per heavy atom. The molecule has 0 N–H and O–H groups in total. The van der Waals surface area contributed by atoms with Gasteiger partial charge in [-0.15, -0.1) is 0 Å². The van der Waals surface area contributed by atoms with Crippen LogP contribution in [-0.2, 0) is 0 Å². The molecule has 0 aliphatic carbocycles. The average molecular weight is 724 g/mol. The zero-order chi connectivity index (χ0) is 37.7. The highest BCUT2D eigenvalue weighted by molar-refractivity contribution is 6.27. The number of rotatable bonds is 6. The second-order valence-corrected chi connectivity index (χ2v) is 14.9. The highest BCUT2D eigenvalue weighted by Crippen LogP contribution is 2.46. The molecule has 11 aromatic carbocycles. The van der Waals surface area contributed by atoms with Crippen LogP contribution in [0.2, 0.25) is 0 Å². The molecule has 0 fully saturated rings. The van der Waals surface area contributed by atoms with Gasteiger partial charge in [-0.25, -0.2) is 0 Å². The molecule has 11 rings (SSSR count). The Kier molecular flexibility index (Phi) is 7.89. The second-order valence-electron chi connectivity index (χ2n) is 14.9. The van der Waals surface area contributed by atoms with Gasteiger partial charge >= 0.3 is 0 Å². The van der Waals surface area contributed by atoms with E-state index in [-0.39, 0.29) is 0 Å². The second kappa shape index (κ2) is 13.7. The van der Waals surface area contributed by atoms with E-state index < -0.39 is 0 Å². The summed E-state index contributed by atoms with van der Waals surface area (Å²) >= 11 is 0. The SMILES string of the molecule is c1ccc(-c2ccccc2N(c2ccc(-c3ccc4ccccc4c3)cc2)c2ccccc2-c2ccc3c(ccc4ccc5ccc6ccccc6c5c43)c2)cc1. The fourth-order valence-electron chi connectivity index (χ4n) is 8.84. The highest BCUT2D eigenvalue weighted by Gasteiger charge is 2.21. The van der Waals surface area contributed by atoms with Crippen LogP contribution in [0.4, 0.5) is 17.1 Å². The summed E-state index contributed by atoms with van der Waals surface area (Å²) in [6, 6.07) is 82.1. The predicted molar refractivity (Wildman–Crippen MR) is 245 cm³/mol. The molecule has 57 heavy (non-hydrogen) atoms. The Hall–Kier alpha value is -7.48. The van der Waals surface area contributed by atoms with Crippen molar-refractivity contribution >= 4 is 70.9 Å². The highest BCUT2D eigenvalue weighted by atomic mass is 15.1. The van der Waals surface area contributed by atoms with Crippen LogP contribution in [0.25, 0.3) is 87.2 Å². The van der Waals surface area contributed by atoms with Gasteiger partial charge in [0, 0.05) is 16.8 Å². The van der Waals surface area contributed by atoms with Crippen molar-refractivity contribution in [2.75, 3.05) is 4.90 Å². The number of hydrogen-bond donors (Lipinski definition) is 0. The van der Waals surface area contributed by atoms with Crippen LogP contribution in [0, 0.1) is 0 Å². The van der Waals surface area contributed by atoms with Crippen molar-refractivity contribution in [2.24, 2.45) is 0 Å². The van der Waals surface area contributed by atoms with Crippen molar-refractivity contribution in [3.05, 3.63) is 224 Å². The fraction of sp³-hybridized carbons (Fsp3) is 0. The Labute approximate surface area is 332 Å². The molecule has 0 unspecified atom stereocenters. The molecule has 0 saturated carbocycles. The van der Waals surface area contributed by atoms with Crippen LogP contribution in [-0.4, -0.2) is 0 Å². The number of fused-ring (bicyclic) bond motifs is 8. The molecule has 0 atom stereocenters. The molecule has 0 heterocycles. The summed E-state index contributed by atoms with van der Waals surface area (Å²) in [7, 11) is 0. The first-order chi connectivity index (χ1) is 28.3. The first kappa shape index (κ1) is 32.9. The summed E-state index contributed by atoms with van der Waals surface area (Å²) in [5.74, 6) is 0. The van der Waals surface area contributed by atoms with Gasteiger partial charge in [0.05, 0.1) is 11.4 Å². The molecule has 0 radical (unpaired) electrons. The maximum absolute atomic E-state index is 2.44. The zero-order valence-corrected chi connectivity index (χ0v) is 31.3. The summed E-state index contributed by atoms with van der Waals surface area (Å²) in [5.41, 5.74) is 10.5. The molecule has 0 spiro atoms. The summed E-state index contributed by atoms with van der Waals surface area (Å²) in [4.78, 5) is 2.44. The van der Waals surface area contributed by atoms with Gasteiger partial charge in [0.2, 0.25) is 0 Å². The normalized spacial score (nSPS) is 11.5. The lowest BCUT2D eigenvalue weighted by Crippen LogP contribution is -2.12. The van der Waals surface area contributed by atoms with E-state index in [1.54, 1.807) is 0 Å². The van der Waals surface area contributed by atoms with Crippen LogP contribution < -0.4 is 4.90 Å². The third kappa shape index (κ3) is 5.72. The quantitative estimate of drug-likeness (QED) is 0.154. The Morgan fingerprint density at radius 1 is 0.246 bits per heavy atom. The Morgan fingerprint density at radius 2 is 0.719 bits per heavy atom. The minimum Gasteiger partial charge on any atom is -0.309 e. The molecule has 0 amide bonds. The summed E-state index contributed by atoms with van der Waals surface area (Å²) in [5, 5.41) is 12.7. The third-order valence-corrected chi connectivity index (χ3v) is 11.6. The van der Waals surface area contributed by atoms with Crippen molar-refractivity contribution < 1.29 is 0 Å². The van der Waals surface area contributed by atoms with Gasteiger partial charge in [0.1, 0.15) is 0 Å². The Bertz CT molecular complexity index is 3280. The van der Waals surface area contributed by atoms with Crippen LogP contribution >= 0.6 is 0 Å². The third-order valence-electron chi connectivity index (χ3n) is 11.6. The number of nitrogens with zero attached hydrogens (tertiary/aromatic N) is 1. The van der Waals surface area contributed by atoms with E-state index in [0.717, 1.165) is 17.1 Å². The first-order valence-corrected chi connectivity index (χ1v) is 19.7. The lowest BCUT2D eigenvalue weighted by Gasteiger charge is -2.30. The van der Waals surface area contributed by atoms with E-state index in [4.69, 9.17) is 0 Å². The van der Waals surface area contributed by atoms with E-state index in [0.29, 0.717) is 0 Å². The van der Waals surface area contributed by atoms with Crippen molar-refractivity contribution in [1.29, 1.82) is 0 Å². The van der Waals surface area contributed by atoms with E-state index in [2.05, 4.69) is 229 Å². The van der Waals surface area contributed by atoms with Crippen LogP contribution in [0.5, 0.6) is 0 Å². The van der Waals surface area contributed by atoms with Crippen LogP contribution in [0.3, 0.4) is 0 Å². The topological polar surface area (TPSA) is 3.24 Å². The van der Waals surface area contributed by atoms with Crippen molar-refractivity contribution in [2.45, 2.75) is 0 Å². The largest absolute Gasteiger partial charge is 0.309 e. The summed E-state index contributed by atoms with van der Waals surface area (Å²) in [6.07, 6.45) is 0. The molecular formula is C56H37N. The zero-order valence-electron chi connectivity index (χ0n) is 31.3. The molecule has 1 heteroatoms. The molecular weight excluding hydrogens is 687 g/mol. The summed E-state index contributed by atoms with van der Waals surface area (Å²) < 4.78 is 0. The van der Waals surface area contributed by atoms with Crippen molar-refractivity contribution in [3.63, 3.8) is 0 Å². The van der Waals surface area contributed by atoms with E-state index in [1.807, 2.05) is 0 Å². The van der Waals surface area contributed by atoms with Crippen LogP contribution in [0.1, 0.15) is 0 Å². The molecule has 0 bridgehead atoms. The van der Waals surface area contributed by atoms with Gasteiger partial charge < -0.3 is 4.90 Å². The van der Waals surface area contributed by atoms with Crippen LogP contribution in [0.15, 0.2) is 224 Å².